The van der Waals surface area contributed by atoms with E-state index in [0.717, 1.165) is 11.3 Å². The molecule has 0 aliphatic heterocycles. The van der Waals surface area contributed by atoms with Crippen LogP contribution in [0, 0.1) is 6.92 Å². The lowest BCUT2D eigenvalue weighted by molar-refractivity contribution is -0.139. The van der Waals surface area contributed by atoms with Gasteiger partial charge in [-0.05, 0) is 6.92 Å². The number of urea groups is 1. The summed E-state index contributed by atoms with van der Waals surface area (Å²) in [5.41, 5.74) is 1.78. The molecule has 1 rings (SSSR count). The zero-order valence-electron chi connectivity index (χ0n) is 10.9. The van der Waals surface area contributed by atoms with E-state index in [1.807, 2.05) is 6.92 Å². The smallest absolute Gasteiger partial charge is 0.315 e. The van der Waals surface area contributed by atoms with Gasteiger partial charge in [-0.15, -0.1) is 0 Å². The van der Waals surface area contributed by atoms with E-state index in [0.29, 0.717) is 6.54 Å². The molecule has 0 saturated carbocycles. The van der Waals surface area contributed by atoms with E-state index in [1.165, 1.54) is 7.11 Å². The Morgan fingerprint density at radius 1 is 1.53 bits per heavy atom. The molecular weight excluding hydrogens is 252 g/mol. The minimum atomic E-state index is -0.969. The summed E-state index contributed by atoms with van der Waals surface area (Å²) in [7, 11) is 1.40. The monoisotopic (exact) mass is 270 g/mol. The van der Waals surface area contributed by atoms with Gasteiger partial charge in [-0.2, -0.15) is 5.10 Å². The maximum Gasteiger partial charge on any atom is 0.315 e. The Labute approximate surface area is 110 Å². The van der Waals surface area contributed by atoms with Crippen molar-refractivity contribution in [2.45, 2.75) is 26.0 Å². The van der Waals surface area contributed by atoms with Gasteiger partial charge in [-0.3, -0.25) is 9.89 Å². The minimum absolute atomic E-state index is 0.138. The quantitative estimate of drug-likeness (QED) is 0.557. The normalized spacial score (nSPS) is 11.9. The van der Waals surface area contributed by atoms with Crippen LogP contribution in [0.25, 0.3) is 0 Å². The largest absolute Gasteiger partial charge is 0.481 e. The summed E-state index contributed by atoms with van der Waals surface area (Å²) in [6.45, 7) is 2.35. The standard InChI is InChI=1S/C11H18N4O4/c1-7-8(5-14-15-7)4-12-11(18)13-6-9(19-2)3-10(16)17/h5,9H,3-4,6H2,1-2H3,(H,14,15)(H,16,17)(H2,12,13,18). The van der Waals surface area contributed by atoms with Gasteiger partial charge in [-0.1, -0.05) is 0 Å². The lowest BCUT2D eigenvalue weighted by Crippen LogP contribution is -2.40. The molecule has 4 N–H and O–H groups in total. The molecule has 1 aromatic heterocycles. The molecule has 1 atom stereocenters. The summed E-state index contributed by atoms with van der Waals surface area (Å²) in [6.07, 6.45) is 0.939. The number of hydrogen-bond acceptors (Lipinski definition) is 4. The van der Waals surface area contributed by atoms with Crippen molar-refractivity contribution in [1.82, 2.24) is 20.8 Å². The molecule has 0 aliphatic rings. The van der Waals surface area contributed by atoms with Gasteiger partial charge in [0.15, 0.2) is 0 Å². The first-order chi connectivity index (χ1) is 9.02. The first-order valence-electron chi connectivity index (χ1n) is 5.78. The number of H-pyrrole nitrogens is 1. The highest BCUT2D eigenvalue weighted by atomic mass is 16.5. The molecule has 0 radical (unpaired) electrons. The van der Waals surface area contributed by atoms with Crippen molar-refractivity contribution in [3.8, 4) is 0 Å². The number of aryl methyl sites for hydroxylation is 1. The average Bonchev–Trinajstić information content (AvgIpc) is 2.77. The molecule has 0 saturated heterocycles. The number of aliphatic carboxylic acids is 1. The van der Waals surface area contributed by atoms with Crippen LogP contribution in [0.4, 0.5) is 4.79 Å². The van der Waals surface area contributed by atoms with Crippen molar-refractivity contribution in [2.24, 2.45) is 0 Å². The van der Waals surface area contributed by atoms with Crippen LogP contribution in [0.5, 0.6) is 0 Å². The topological polar surface area (TPSA) is 116 Å². The fraction of sp³-hybridized carbons (Fsp3) is 0.545. The number of amides is 2. The minimum Gasteiger partial charge on any atom is -0.481 e. The number of methoxy groups -OCH3 is 1. The molecular formula is C11H18N4O4. The molecule has 1 aromatic rings. The van der Waals surface area contributed by atoms with Gasteiger partial charge in [0.2, 0.25) is 0 Å². The van der Waals surface area contributed by atoms with E-state index >= 15 is 0 Å². The Bertz CT molecular complexity index is 432. The van der Waals surface area contributed by atoms with Crippen molar-refractivity contribution in [2.75, 3.05) is 13.7 Å². The molecule has 106 valence electrons. The lowest BCUT2D eigenvalue weighted by Gasteiger charge is -2.14. The zero-order valence-corrected chi connectivity index (χ0v) is 10.9. The van der Waals surface area contributed by atoms with Gasteiger partial charge in [-0.25, -0.2) is 4.79 Å². The third-order valence-corrected chi connectivity index (χ3v) is 2.60. The summed E-state index contributed by atoms with van der Waals surface area (Å²) < 4.78 is 4.94. The van der Waals surface area contributed by atoms with Crippen molar-refractivity contribution < 1.29 is 19.4 Å². The molecule has 2 amide bonds. The molecule has 8 heteroatoms. The Morgan fingerprint density at radius 3 is 2.79 bits per heavy atom. The van der Waals surface area contributed by atoms with E-state index < -0.39 is 12.1 Å². The average molecular weight is 270 g/mol. The number of rotatable bonds is 7. The molecule has 8 nitrogen and oxygen atoms in total. The first-order valence-corrected chi connectivity index (χ1v) is 5.78. The van der Waals surface area contributed by atoms with Crippen LogP contribution in [0.15, 0.2) is 6.20 Å². The number of carboxylic acids is 1. The highest BCUT2D eigenvalue weighted by Crippen LogP contribution is 2.01. The summed E-state index contributed by atoms with van der Waals surface area (Å²) in [5, 5.41) is 20.4. The van der Waals surface area contributed by atoms with Crippen LogP contribution in [-0.4, -0.2) is 47.1 Å². The third kappa shape index (κ3) is 5.38. The van der Waals surface area contributed by atoms with Crippen molar-refractivity contribution in [1.29, 1.82) is 0 Å². The van der Waals surface area contributed by atoms with E-state index in [-0.39, 0.29) is 19.0 Å². The second-order valence-corrected chi connectivity index (χ2v) is 4.04. The Balaban J connectivity index is 2.27. The zero-order chi connectivity index (χ0) is 14.3. The fourth-order valence-corrected chi connectivity index (χ4v) is 1.43. The Kier molecular flexibility index (Phi) is 5.80. The van der Waals surface area contributed by atoms with Crippen LogP contribution in [0.1, 0.15) is 17.7 Å². The first kappa shape index (κ1) is 15.0. The van der Waals surface area contributed by atoms with E-state index in [2.05, 4.69) is 20.8 Å². The molecule has 1 unspecified atom stereocenters. The summed E-state index contributed by atoms with van der Waals surface area (Å²) in [5.74, 6) is -0.969. The fourth-order valence-electron chi connectivity index (χ4n) is 1.43. The van der Waals surface area contributed by atoms with Gasteiger partial charge in [0.1, 0.15) is 0 Å². The predicted octanol–water partition coefficient (Wildman–Crippen LogP) is 0.00702. The second-order valence-electron chi connectivity index (χ2n) is 4.04. The Hall–Kier alpha value is -2.09. The van der Waals surface area contributed by atoms with Gasteiger partial charge in [0.25, 0.3) is 0 Å². The molecule has 19 heavy (non-hydrogen) atoms. The van der Waals surface area contributed by atoms with Crippen LogP contribution in [0.2, 0.25) is 0 Å². The molecule has 0 aliphatic carbocycles. The summed E-state index contributed by atoms with van der Waals surface area (Å²) >= 11 is 0. The number of hydrogen-bond donors (Lipinski definition) is 4. The molecule has 0 bridgehead atoms. The Morgan fingerprint density at radius 2 is 2.26 bits per heavy atom. The maximum atomic E-state index is 11.5. The van der Waals surface area contributed by atoms with Gasteiger partial charge in [0, 0.05) is 31.5 Å². The molecule has 1 heterocycles. The van der Waals surface area contributed by atoms with E-state index in [1.54, 1.807) is 6.20 Å². The van der Waals surface area contributed by atoms with Crippen LogP contribution < -0.4 is 10.6 Å². The van der Waals surface area contributed by atoms with Crippen LogP contribution in [0.3, 0.4) is 0 Å². The van der Waals surface area contributed by atoms with Crippen molar-refractivity contribution in [3.05, 3.63) is 17.5 Å². The summed E-state index contributed by atoms with van der Waals surface area (Å²) in [4.78, 5) is 22.0. The third-order valence-electron chi connectivity index (χ3n) is 2.60. The van der Waals surface area contributed by atoms with E-state index in [9.17, 15) is 9.59 Å². The number of aromatic amines is 1. The van der Waals surface area contributed by atoms with Crippen molar-refractivity contribution >= 4 is 12.0 Å². The number of carbonyl (C=O) groups is 2. The number of nitrogens with one attached hydrogen (secondary N) is 3. The SMILES string of the molecule is COC(CNC(=O)NCc1cn[nH]c1C)CC(=O)O. The highest BCUT2D eigenvalue weighted by Gasteiger charge is 2.13. The second kappa shape index (κ2) is 7.37. The summed E-state index contributed by atoms with van der Waals surface area (Å²) in [6, 6.07) is -0.381. The van der Waals surface area contributed by atoms with Crippen LogP contribution in [-0.2, 0) is 16.1 Å². The number of nitrogens with zero attached hydrogens (tertiary/aromatic N) is 1. The molecule has 0 aromatic carbocycles. The highest BCUT2D eigenvalue weighted by molar-refractivity contribution is 5.74. The number of carboxylic acid groups (broad SMARTS) is 1. The van der Waals surface area contributed by atoms with Crippen molar-refractivity contribution in [3.63, 3.8) is 0 Å². The molecule has 0 spiro atoms. The number of aromatic nitrogens is 2. The van der Waals surface area contributed by atoms with Gasteiger partial charge in [0.05, 0.1) is 18.7 Å². The predicted molar refractivity (Wildman–Crippen MR) is 66.6 cm³/mol. The number of ether oxygens (including phenoxy) is 1. The van der Waals surface area contributed by atoms with E-state index in [4.69, 9.17) is 9.84 Å². The number of carbonyl (C=O) groups excluding carboxylic acids is 1. The maximum absolute atomic E-state index is 11.5. The molecule has 0 fully saturated rings. The van der Waals surface area contributed by atoms with Gasteiger partial charge < -0.3 is 20.5 Å². The van der Waals surface area contributed by atoms with Gasteiger partial charge >= 0.3 is 12.0 Å². The van der Waals surface area contributed by atoms with Crippen LogP contribution >= 0.6 is 0 Å². The lowest BCUT2D eigenvalue weighted by atomic mass is 10.2.